The third-order valence-electron chi connectivity index (χ3n) is 2.71. The molecular formula is C11H16N2O4S. The van der Waals surface area contributed by atoms with Crippen molar-refractivity contribution in [2.24, 2.45) is 0 Å². The number of nitrogen functional groups attached to an aromatic ring is 1. The van der Waals surface area contributed by atoms with E-state index in [0.717, 1.165) is 6.42 Å². The molecule has 1 heterocycles. The summed E-state index contributed by atoms with van der Waals surface area (Å²) in [5, 5.41) is 0. The predicted octanol–water partition coefficient (Wildman–Crippen LogP) is 0.345. The number of anilines is 1. The van der Waals surface area contributed by atoms with Crippen molar-refractivity contribution in [1.82, 2.24) is 4.72 Å². The summed E-state index contributed by atoms with van der Waals surface area (Å²) in [7, 11) is -2.24. The highest BCUT2D eigenvalue weighted by molar-refractivity contribution is 7.89. The number of ether oxygens (including phenoxy) is 2. The van der Waals surface area contributed by atoms with Gasteiger partial charge < -0.3 is 15.2 Å². The smallest absolute Gasteiger partial charge is 0.244 e. The Morgan fingerprint density at radius 3 is 2.89 bits per heavy atom. The zero-order chi connectivity index (χ0) is 13.2. The Balaban J connectivity index is 2.34. The molecule has 2 rings (SSSR count). The van der Waals surface area contributed by atoms with Crippen LogP contribution in [-0.4, -0.2) is 34.8 Å². The first-order valence-electron chi connectivity index (χ1n) is 5.60. The van der Waals surface area contributed by atoms with Crippen LogP contribution < -0.4 is 15.2 Å². The highest BCUT2D eigenvalue weighted by atomic mass is 32.2. The average Bonchev–Trinajstić information content (AvgIpc) is 2.84. The van der Waals surface area contributed by atoms with E-state index in [2.05, 4.69) is 4.72 Å². The lowest BCUT2D eigenvalue weighted by Gasteiger charge is -2.15. The molecule has 0 spiro atoms. The molecule has 1 fully saturated rings. The first-order chi connectivity index (χ1) is 8.53. The molecular weight excluding hydrogens is 256 g/mol. The highest BCUT2D eigenvalue weighted by Crippen LogP contribution is 2.28. The van der Waals surface area contributed by atoms with Gasteiger partial charge in [0.15, 0.2) is 0 Å². The van der Waals surface area contributed by atoms with Crippen LogP contribution in [0.15, 0.2) is 23.1 Å². The zero-order valence-electron chi connectivity index (χ0n) is 10.0. The summed E-state index contributed by atoms with van der Waals surface area (Å²) in [6, 6.07) is 4.56. The quantitative estimate of drug-likeness (QED) is 0.772. The Hall–Kier alpha value is -1.31. The molecule has 3 N–H and O–H groups in total. The fourth-order valence-electron chi connectivity index (χ4n) is 1.73. The van der Waals surface area contributed by atoms with E-state index in [1.165, 1.54) is 13.1 Å². The van der Waals surface area contributed by atoms with Crippen LogP contribution in [0.4, 0.5) is 5.69 Å². The first kappa shape index (κ1) is 13.1. The third-order valence-corrected chi connectivity index (χ3v) is 4.14. The Morgan fingerprint density at radius 1 is 1.50 bits per heavy atom. The minimum Gasteiger partial charge on any atom is -0.487 e. The second-order valence-corrected chi connectivity index (χ2v) is 5.87. The van der Waals surface area contributed by atoms with Gasteiger partial charge >= 0.3 is 0 Å². The maximum atomic E-state index is 11.9. The normalized spacial score (nSPS) is 19.9. The van der Waals surface area contributed by atoms with Gasteiger partial charge in [0.25, 0.3) is 0 Å². The Bertz CT molecular complexity index is 524. The molecule has 1 aliphatic rings. The van der Waals surface area contributed by atoms with Gasteiger partial charge in [-0.05, 0) is 25.2 Å². The van der Waals surface area contributed by atoms with E-state index >= 15 is 0 Å². The van der Waals surface area contributed by atoms with Crippen LogP contribution in [0.5, 0.6) is 5.75 Å². The summed E-state index contributed by atoms with van der Waals surface area (Å²) in [6.45, 7) is 1.11. The van der Waals surface area contributed by atoms with Crippen molar-refractivity contribution in [2.75, 3.05) is 26.0 Å². The molecule has 0 bridgehead atoms. The highest BCUT2D eigenvalue weighted by Gasteiger charge is 2.23. The maximum Gasteiger partial charge on any atom is 0.244 e. The van der Waals surface area contributed by atoms with E-state index < -0.39 is 10.0 Å². The fourth-order valence-corrected chi connectivity index (χ4v) is 2.62. The van der Waals surface area contributed by atoms with E-state index in [0.29, 0.717) is 24.7 Å². The van der Waals surface area contributed by atoms with Crippen LogP contribution in [0, 0.1) is 0 Å². The van der Waals surface area contributed by atoms with Gasteiger partial charge in [-0.1, -0.05) is 0 Å². The van der Waals surface area contributed by atoms with Gasteiger partial charge in [0.05, 0.1) is 13.2 Å². The molecule has 1 aliphatic heterocycles. The van der Waals surface area contributed by atoms with Crippen molar-refractivity contribution in [2.45, 2.75) is 17.4 Å². The van der Waals surface area contributed by atoms with Crippen molar-refractivity contribution in [3.8, 4) is 5.75 Å². The molecule has 0 aromatic heterocycles. The standard InChI is InChI=1S/C11H16N2O4S/c1-13-18(14,15)11-6-8(12)2-3-10(11)17-9-4-5-16-7-9/h2-3,6,9,13H,4-5,7,12H2,1H3. The number of nitrogens with one attached hydrogen (secondary N) is 1. The van der Waals surface area contributed by atoms with E-state index in [-0.39, 0.29) is 11.0 Å². The minimum atomic E-state index is -3.59. The summed E-state index contributed by atoms with van der Waals surface area (Å²) in [4.78, 5) is 0.0527. The molecule has 6 nitrogen and oxygen atoms in total. The molecule has 0 amide bonds. The topological polar surface area (TPSA) is 90.7 Å². The number of nitrogens with two attached hydrogens (primary N) is 1. The van der Waals surface area contributed by atoms with Crippen LogP contribution in [0.1, 0.15) is 6.42 Å². The minimum absolute atomic E-state index is 0.0527. The lowest BCUT2D eigenvalue weighted by atomic mass is 10.3. The van der Waals surface area contributed by atoms with Crippen molar-refractivity contribution >= 4 is 15.7 Å². The van der Waals surface area contributed by atoms with Gasteiger partial charge in [-0.2, -0.15) is 0 Å². The number of hydrogen-bond donors (Lipinski definition) is 2. The van der Waals surface area contributed by atoms with Crippen molar-refractivity contribution in [3.63, 3.8) is 0 Å². The zero-order valence-corrected chi connectivity index (χ0v) is 10.9. The van der Waals surface area contributed by atoms with Crippen LogP contribution >= 0.6 is 0 Å². The summed E-state index contributed by atoms with van der Waals surface area (Å²) in [5.74, 6) is 0.300. The van der Waals surface area contributed by atoms with Crippen LogP contribution in [0.25, 0.3) is 0 Å². The van der Waals surface area contributed by atoms with E-state index in [9.17, 15) is 8.42 Å². The Morgan fingerprint density at radius 2 is 2.28 bits per heavy atom. The molecule has 1 aromatic rings. The third kappa shape index (κ3) is 2.74. The van der Waals surface area contributed by atoms with Crippen LogP contribution in [0.3, 0.4) is 0 Å². The fraction of sp³-hybridized carbons (Fsp3) is 0.455. The molecule has 1 atom stereocenters. The molecule has 100 valence electrons. The van der Waals surface area contributed by atoms with Gasteiger partial charge in [0.1, 0.15) is 16.7 Å². The Labute approximate surface area is 106 Å². The van der Waals surface area contributed by atoms with Gasteiger partial charge in [-0.15, -0.1) is 0 Å². The molecule has 1 unspecified atom stereocenters. The monoisotopic (exact) mass is 272 g/mol. The second-order valence-electron chi connectivity index (χ2n) is 4.02. The summed E-state index contributed by atoms with van der Waals surface area (Å²) >= 11 is 0. The van der Waals surface area contributed by atoms with Crippen molar-refractivity contribution in [3.05, 3.63) is 18.2 Å². The average molecular weight is 272 g/mol. The number of benzene rings is 1. The van der Waals surface area contributed by atoms with E-state index in [1.807, 2.05) is 0 Å². The lowest BCUT2D eigenvalue weighted by Crippen LogP contribution is -2.22. The SMILES string of the molecule is CNS(=O)(=O)c1cc(N)ccc1OC1CCOC1. The maximum absolute atomic E-state index is 11.9. The second kappa shape index (κ2) is 5.13. The van der Waals surface area contributed by atoms with Crippen molar-refractivity contribution < 1.29 is 17.9 Å². The molecule has 7 heteroatoms. The lowest BCUT2D eigenvalue weighted by molar-refractivity contribution is 0.139. The number of hydrogen-bond acceptors (Lipinski definition) is 5. The van der Waals surface area contributed by atoms with Crippen LogP contribution in [-0.2, 0) is 14.8 Å². The molecule has 1 saturated heterocycles. The van der Waals surface area contributed by atoms with Gasteiger partial charge in [0.2, 0.25) is 10.0 Å². The summed E-state index contributed by atoms with van der Waals surface area (Å²) in [5.41, 5.74) is 5.99. The van der Waals surface area contributed by atoms with Gasteiger partial charge in [-0.25, -0.2) is 13.1 Å². The molecule has 0 radical (unpaired) electrons. The predicted molar refractivity (Wildman–Crippen MR) is 67.0 cm³/mol. The number of rotatable bonds is 4. The van der Waals surface area contributed by atoms with Crippen LogP contribution in [0.2, 0.25) is 0 Å². The molecule has 0 saturated carbocycles. The Kier molecular flexibility index (Phi) is 3.74. The largest absolute Gasteiger partial charge is 0.487 e. The molecule has 0 aliphatic carbocycles. The summed E-state index contributed by atoms with van der Waals surface area (Å²) in [6.07, 6.45) is 0.642. The molecule has 1 aromatic carbocycles. The molecule has 18 heavy (non-hydrogen) atoms. The van der Waals surface area contributed by atoms with E-state index in [1.54, 1.807) is 12.1 Å². The number of sulfonamides is 1. The van der Waals surface area contributed by atoms with Crippen molar-refractivity contribution in [1.29, 1.82) is 0 Å². The first-order valence-corrected chi connectivity index (χ1v) is 7.09. The van der Waals surface area contributed by atoms with E-state index in [4.69, 9.17) is 15.2 Å². The summed E-state index contributed by atoms with van der Waals surface area (Å²) < 4.78 is 36.8. The van der Waals surface area contributed by atoms with Gasteiger partial charge in [-0.3, -0.25) is 0 Å². The van der Waals surface area contributed by atoms with Gasteiger partial charge in [0, 0.05) is 12.1 Å².